The normalized spacial score (nSPS) is 10.2. The Labute approximate surface area is 157 Å². The third-order valence-corrected chi connectivity index (χ3v) is 3.87. The lowest BCUT2D eigenvalue weighted by atomic mass is 10.3. The SMILES string of the molecule is O=C(COC(=O)COc1ccccc1F)Nc1cc(Cl)c(Cl)cc1Cl. The second kappa shape index (κ2) is 8.89. The summed E-state index contributed by atoms with van der Waals surface area (Å²) >= 11 is 17.5. The van der Waals surface area contributed by atoms with Gasteiger partial charge in [0.25, 0.3) is 5.91 Å². The molecule has 0 fully saturated rings. The first kappa shape index (κ1) is 19.3. The highest BCUT2D eigenvalue weighted by Crippen LogP contribution is 2.32. The van der Waals surface area contributed by atoms with Crippen molar-refractivity contribution in [2.75, 3.05) is 18.5 Å². The van der Waals surface area contributed by atoms with Gasteiger partial charge in [0, 0.05) is 0 Å². The molecule has 0 aliphatic rings. The molecule has 1 N–H and O–H groups in total. The highest BCUT2D eigenvalue weighted by atomic mass is 35.5. The molecule has 132 valence electrons. The number of para-hydroxylation sites is 1. The molecule has 0 bridgehead atoms. The van der Waals surface area contributed by atoms with Crippen LogP contribution in [0.4, 0.5) is 10.1 Å². The van der Waals surface area contributed by atoms with Crippen LogP contribution in [0, 0.1) is 5.82 Å². The van der Waals surface area contributed by atoms with Crippen molar-refractivity contribution >= 4 is 52.4 Å². The second-order valence-corrected chi connectivity index (χ2v) is 5.90. The lowest BCUT2D eigenvalue weighted by Crippen LogP contribution is -2.24. The fourth-order valence-electron chi connectivity index (χ4n) is 1.69. The number of carbonyl (C=O) groups is 2. The average molecular weight is 407 g/mol. The third-order valence-electron chi connectivity index (χ3n) is 2.83. The van der Waals surface area contributed by atoms with Crippen molar-refractivity contribution in [3.63, 3.8) is 0 Å². The Morgan fingerprint density at radius 3 is 2.40 bits per heavy atom. The predicted octanol–water partition coefficient (Wildman–Crippen LogP) is 4.35. The van der Waals surface area contributed by atoms with Gasteiger partial charge in [0.15, 0.2) is 24.8 Å². The molecule has 0 saturated heterocycles. The van der Waals surface area contributed by atoms with E-state index in [1.807, 2.05) is 0 Å². The van der Waals surface area contributed by atoms with E-state index in [1.165, 1.54) is 30.3 Å². The van der Waals surface area contributed by atoms with Crippen LogP contribution < -0.4 is 10.1 Å². The summed E-state index contributed by atoms with van der Waals surface area (Å²) in [6, 6.07) is 8.33. The standard InChI is InChI=1S/C16H11Cl3FNO4/c17-9-5-11(19)13(6-10(9)18)21-15(22)7-25-16(23)8-24-14-4-2-1-3-12(14)20/h1-6H,7-8H2,(H,21,22). The van der Waals surface area contributed by atoms with Gasteiger partial charge < -0.3 is 14.8 Å². The zero-order chi connectivity index (χ0) is 18.4. The van der Waals surface area contributed by atoms with Crippen molar-refractivity contribution < 1.29 is 23.5 Å². The average Bonchev–Trinajstić information content (AvgIpc) is 2.57. The number of anilines is 1. The fraction of sp³-hybridized carbons (Fsp3) is 0.125. The Morgan fingerprint density at radius 1 is 1.00 bits per heavy atom. The van der Waals surface area contributed by atoms with Crippen LogP contribution in [-0.4, -0.2) is 25.1 Å². The van der Waals surface area contributed by atoms with Crippen molar-refractivity contribution in [1.82, 2.24) is 0 Å². The van der Waals surface area contributed by atoms with Gasteiger partial charge in [-0.2, -0.15) is 0 Å². The fourth-order valence-corrected chi connectivity index (χ4v) is 2.28. The van der Waals surface area contributed by atoms with Crippen molar-refractivity contribution in [1.29, 1.82) is 0 Å². The van der Waals surface area contributed by atoms with Gasteiger partial charge >= 0.3 is 5.97 Å². The number of esters is 1. The number of nitrogens with one attached hydrogen (secondary N) is 1. The van der Waals surface area contributed by atoms with Crippen LogP contribution in [0.15, 0.2) is 36.4 Å². The van der Waals surface area contributed by atoms with Gasteiger partial charge in [0.05, 0.1) is 20.8 Å². The van der Waals surface area contributed by atoms with Gasteiger partial charge in [-0.15, -0.1) is 0 Å². The largest absolute Gasteiger partial charge is 0.479 e. The van der Waals surface area contributed by atoms with E-state index in [0.29, 0.717) is 0 Å². The van der Waals surface area contributed by atoms with Crippen LogP contribution in [0.2, 0.25) is 15.1 Å². The number of amides is 1. The lowest BCUT2D eigenvalue weighted by Gasteiger charge is -2.10. The molecule has 0 aliphatic carbocycles. The molecule has 0 saturated carbocycles. The summed E-state index contributed by atoms with van der Waals surface area (Å²) in [7, 11) is 0. The summed E-state index contributed by atoms with van der Waals surface area (Å²) in [5, 5.41) is 3.04. The Morgan fingerprint density at radius 2 is 1.68 bits per heavy atom. The van der Waals surface area contributed by atoms with Crippen LogP contribution in [0.1, 0.15) is 0 Å². The van der Waals surface area contributed by atoms with Crippen LogP contribution >= 0.6 is 34.8 Å². The van der Waals surface area contributed by atoms with Gasteiger partial charge in [-0.1, -0.05) is 46.9 Å². The Kier molecular flexibility index (Phi) is 6.87. The maximum Gasteiger partial charge on any atom is 0.344 e. The quantitative estimate of drug-likeness (QED) is 0.572. The topological polar surface area (TPSA) is 64.6 Å². The number of benzene rings is 2. The molecular weight excluding hydrogens is 396 g/mol. The first-order valence-electron chi connectivity index (χ1n) is 6.84. The number of halogens is 4. The molecule has 2 rings (SSSR count). The van der Waals surface area contributed by atoms with E-state index in [4.69, 9.17) is 44.3 Å². The molecule has 2 aromatic carbocycles. The molecule has 2 aromatic rings. The maximum atomic E-state index is 13.3. The molecule has 9 heteroatoms. The molecule has 0 aliphatic heterocycles. The number of hydrogen-bond acceptors (Lipinski definition) is 4. The van der Waals surface area contributed by atoms with Crippen LogP contribution in [0.5, 0.6) is 5.75 Å². The molecule has 0 unspecified atom stereocenters. The minimum Gasteiger partial charge on any atom is -0.479 e. The number of carbonyl (C=O) groups excluding carboxylic acids is 2. The molecule has 0 aromatic heterocycles. The van der Waals surface area contributed by atoms with E-state index in [1.54, 1.807) is 6.07 Å². The zero-order valence-corrected chi connectivity index (χ0v) is 14.8. The van der Waals surface area contributed by atoms with Gasteiger partial charge in [0.1, 0.15) is 0 Å². The van der Waals surface area contributed by atoms with E-state index in [0.717, 1.165) is 0 Å². The van der Waals surface area contributed by atoms with Gasteiger partial charge in [-0.05, 0) is 24.3 Å². The minimum atomic E-state index is -0.835. The van der Waals surface area contributed by atoms with Crippen LogP contribution in [-0.2, 0) is 14.3 Å². The Bertz CT molecular complexity index is 801. The van der Waals surface area contributed by atoms with Gasteiger partial charge in [-0.3, -0.25) is 4.79 Å². The van der Waals surface area contributed by atoms with Crippen molar-refractivity contribution in [3.8, 4) is 5.75 Å². The van der Waals surface area contributed by atoms with Gasteiger partial charge in [-0.25, -0.2) is 9.18 Å². The van der Waals surface area contributed by atoms with E-state index in [-0.39, 0.29) is 26.5 Å². The van der Waals surface area contributed by atoms with Crippen molar-refractivity contribution in [3.05, 3.63) is 57.3 Å². The summed E-state index contributed by atoms with van der Waals surface area (Å²) in [6.07, 6.45) is 0. The molecule has 0 spiro atoms. The maximum absolute atomic E-state index is 13.3. The molecule has 0 heterocycles. The highest BCUT2D eigenvalue weighted by molar-refractivity contribution is 6.44. The summed E-state index contributed by atoms with van der Waals surface area (Å²) in [4.78, 5) is 23.3. The number of hydrogen-bond donors (Lipinski definition) is 1. The minimum absolute atomic E-state index is 0.0912. The molecule has 0 radical (unpaired) electrons. The Balaban J connectivity index is 1.81. The van der Waals surface area contributed by atoms with E-state index in [9.17, 15) is 14.0 Å². The van der Waals surface area contributed by atoms with Crippen molar-refractivity contribution in [2.45, 2.75) is 0 Å². The highest BCUT2D eigenvalue weighted by Gasteiger charge is 2.13. The Hall–Kier alpha value is -2.02. The summed E-state index contributed by atoms with van der Waals surface area (Å²) in [6.45, 7) is -1.11. The molecule has 0 atom stereocenters. The number of rotatable bonds is 6. The monoisotopic (exact) mass is 405 g/mol. The molecule has 25 heavy (non-hydrogen) atoms. The summed E-state index contributed by atoms with van der Waals surface area (Å²) in [5.74, 6) is -2.17. The first-order valence-corrected chi connectivity index (χ1v) is 7.97. The smallest absolute Gasteiger partial charge is 0.344 e. The molecule has 1 amide bonds. The third kappa shape index (κ3) is 5.77. The zero-order valence-electron chi connectivity index (χ0n) is 12.5. The first-order chi connectivity index (χ1) is 11.9. The molecule has 5 nitrogen and oxygen atoms in total. The number of ether oxygens (including phenoxy) is 2. The lowest BCUT2D eigenvalue weighted by molar-refractivity contribution is -0.149. The van der Waals surface area contributed by atoms with E-state index in [2.05, 4.69) is 5.32 Å². The van der Waals surface area contributed by atoms with Crippen LogP contribution in [0.25, 0.3) is 0 Å². The second-order valence-electron chi connectivity index (χ2n) is 4.67. The van der Waals surface area contributed by atoms with Gasteiger partial charge in [0.2, 0.25) is 0 Å². The van der Waals surface area contributed by atoms with E-state index >= 15 is 0 Å². The van der Waals surface area contributed by atoms with E-state index < -0.39 is 30.9 Å². The summed E-state index contributed by atoms with van der Waals surface area (Å²) in [5.41, 5.74) is 0.222. The summed E-state index contributed by atoms with van der Waals surface area (Å²) < 4.78 is 23.0. The molecular formula is C16H11Cl3FNO4. The van der Waals surface area contributed by atoms with Crippen molar-refractivity contribution in [2.24, 2.45) is 0 Å². The van der Waals surface area contributed by atoms with Crippen LogP contribution in [0.3, 0.4) is 0 Å². The predicted molar refractivity (Wildman–Crippen MR) is 93.0 cm³/mol.